The predicted octanol–water partition coefficient (Wildman–Crippen LogP) is 4.58. The highest BCUT2D eigenvalue weighted by Gasteiger charge is 2.46. The molecule has 160 valence electrons. The number of alkyl halides is 3. The van der Waals surface area contributed by atoms with Crippen LogP contribution >= 0.6 is 0 Å². The summed E-state index contributed by atoms with van der Waals surface area (Å²) in [5.41, 5.74) is -0.839. The van der Waals surface area contributed by atoms with Crippen LogP contribution in [0.15, 0.2) is 54.7 Å². The van der Waals surface area contributed by atoms with Gasteiger partial charge in [-0.15, -0.1) is 0 Å². The highest BCUT2D eigenvalue weighted by Crippen LogP contribution is 2.33. The number of nitrogens with one attached hydrogen (secondary N) is 1. The fourth-order valence-corrected chi connectivity index (χ4v) is 3.85. The third kappa shape index (κ3) is 3.97. The molecule has 1 amide bonds. The Morgan fingerprint density at radius 3 is 2.39 bits per heavy atom. The molecule has 3 aromatic rings. The van der Waals surface area contributed by atoms with Crippen LogP contribution in [0.3, 0.4) is 0 Å². The third-order valence-electron chi connectivity index (χ3n) is 5.75. The molecule has 1 aliphatic carbocycles. The van der Waals surface area contributed by atoms with Gasteiger partial charge in [-0.05, 0) is 53.3 Å². The molecule has 0 unspecified atom stereocenters. The fraction of sp³-hybridized carbons (Fsp3) is 0.261. The molecule has 8 heteroatoms. The largest absolute Gasteiger partial charge is 0.480 e. The van der Waals surface area contributed by atoms with Crippen LogP contribution in [-0.4, -0.2) is 27.5 Å². The zero-order valence-electron chi connectivity index (χ0n) is 16.4. The van der Waals surface area contributed by atoms with Crippen LogP contribution in [0.4, 0.5) is 13.2 Å². The lowest BCUT2D eigenvalue weighted by atomic mass is 9.76. The molecule has 4 rings (SSSR count). The lowest BCUT2D eigenvalue weighted by Gasteiger charge is -2.38. The van der Waals surface area contributed by atoms with Crippen LogP contribution in [0.2, 0.25) is 0 Å². The topological polar surface area (TPSA) is 79.3 Å². The lowest BCUT2D eigenvalue weighted by molar-refractivity contribution is -0.148. The minimum Gasteiger partial charge on any atom is -0.480 e. The molecule has 2 N–H and O–H groups in total. The molecule has 2 aromatic carbocycles. The number of rotatable bonds is 5. The second-order valence-electron chi connectivity index (χ2n) is 7.73. The molecule has 0 saturated heterocycles. The first-order valence-corrected chi connectivity index (χ1v) is 9.78. The van der Waals surface area contributed by atoms with Gasteiger partial charge in [0, 0.05) is 18.2 Å². The van der Waals surface area contributed by atoms with Gasteiger partial charge in [0.05, 0.1) is 0 Å². The number of carbonyl (C=O) groups is 2. The van der Waals surface area contributed by atoms with Crippen LogP contribution in [0, 0.1) is 0 Å². The summed E-state index contributed by atoms with van der Waals surface area (Å²) >= 11 is 0. The number of nitrogens with zero attached hydrogens (tertiary/aromatic N) is 1. The first-order chi connectivity index (χ1) is 14.7. The summed E-state index contributed by atoms with van der Waals surface area (Å²) in [5.74, 6) is -1.58. The molecule has 1 aliphatic rings. The van der Waals surface area contributed by atoms with E-state index in [1.165, 1.54) is 6.07 Å². The van der Waals surface area contributed by atoms with Gasteiger partial charge in [-0.2, -0.15) is 13.2 Å². The monoisotopic (exact) mass is 428 g/mol. The van der Waals surface area contributed by atoms with Crippen molar-refractivity contribution in [3.8, 4) is 0 Å². The Labute approximate surface area is 175 Å². The van der Waals surface area contributed by atoms with E-state index in [4.69, 9.17) is 0 Å². The van der Waals surface area contributed by atoms with Crippen LogP contribution < -0.4 is 5.32 Å². The van der Waals surface area contributed by atoms with E-state index in [2.05, 4.69) is 10.3 Å². The maximum absolute atomic E-state index is 13.1. The number of carboxylic acids is 1. The number of amides is 1. The Kier molecular flexibility index (Phi) is 5.16. The van der Waals surface area contributed by atoms with Crippen LogP contribution in [0.25, 0.3) is 10.8 Å². The molecule has 5 nitrogen and oxygen atoms in total. The highest BCUT2D eigenvalue weighted by atomic mass is 19.4. The third-order valence-corrected chi connectivity index (χ3v) is 5.75. The zero-order chi connectivity index (χ0) is 22.2. The van der Waals surface area contributed by atoms with Crippen molar-refractivity contribution in [3.05, 3.63) is 77.1 Å². The summed E-state index contributed by atoms with van der Waals surface area (Å²) in [7, 11) is 0. The minimum absolute atomic E-state index is 0.176. The summed E-state index contributed by atoms with van der Waals surface area (Å²) in [5, 5.41) is 13.8. The van der Waals surface area contributed by atoms with Gasteiger partial charge >= 0.3 is 12.1 Å². The molecule has 0 bridgehead atoms. The van der Waals surface area contributed by atoms with Gasteiger partial charge in [-0.25, -0.2) is 4.79 Å². The number of hydrogen-bond acceptors (Lipinski definition) is 3. The van der Waals surface area contributed by atoms with Gasteiger partial charge < -0.3 is 10.4 Å². The van der Waals surface area contributed by atoms with Crippen LogP contribution in [-0.2, 0) is 17.4 Å². The molecule has 0 aliphatic heterocycles. The van der Waals surface area contributed by atoms with Crippen molar-refractivity contribution in [2.24, 2.45) is 0 Å². The van der Waals surface area contributed by atoms with E-state index in [1.54, 1.807) is 12.1 Å². The maximum atomic E-state index is 13.1. The van der Waals surface area contributed by atoms with Crippen molar-refractivity contribution in [3.63, 3.8) is 0 Å². The number of carboxylic acid groups (broad SMARTS) is 1. The maximum Gasteiger partial charge on any atom is 0.433 e. The standard InChI is InChI=1S/C23H19F3N2O3/c24-23(25,26)19-9-6-14(13-27-19)12-18-16-5-2-1-4-15(16)7-8-17(18)20(29)28-22(21(30)31)10-3-11-22/h1-2,4-9,13H,3,10-12H2,(H,28,29)(H,30,31). The molecule has 1 saturated carbocycles. The Morgan fingerprint density at radius 1 is 1.06 bits per heavy atom. The normalized spacial score (nSPS) is 15.3. The number of aliphatic carboxylic acids is 1. The molecular formula is C23H19F3N2O3. The predicted molar refractivity (Wildman–Crippen MR) is 108 cm³/mol. The second-order valence-corrected chi connectivity index (χ2v) is 7.73. The van der Waals surface area contributed by atoms with E-state index in [1.807, 2.05) is 24.3 Å². The van der Waals surface area contributed by atoms with E-state index in [9.17, 15) is 27.9 Å². The summed E-state index contributed by atoms with van der Waals surface area (Å²) in [6.07, 6.45) is -1.77. The Balaban J connectivity index is 1.72. The quantitative estimate of drug-likeness (QED) is 0.624. The van der Waals surface area contributed by atoms with E-state index in [0.717, 1.165) is 23.0 Å². The number of halogens is 3. The van der Waals surface area contributed by atoms with Crippen molar-refractivity contribution in [1.82, 2.24) is 10.3 Å². The highest BCUT2D eigenvalue weighted by molar-refractivity contribution is 6.03. The molecule has 1 aromatic heterocycles. The average Bonchev–Trinajstić information content (AvgIpc) is 2.70. The van der Waals surface area contributed by atoms with Crippen molar-refractivity contribution < 1.29 is 27.9 Å². The molecule has 31 heavy (non-hydrogen) atoms. The number of hydrogen-bond donors (Lipinski definition) is 2. The van der Waals surface area contributed by atoms with Gasteiger partial charge in [-0.1, -0.05) is 36.4 Å². The van der Waals surface area contributed by atoms with Crippen LogP contribution in [0.1, 0.15) is 46.4 Å². The smallest absolute Gasteiger partial charge is 0.433 e. The zero-order valence-corrected chi connectivity index (χ0v) is 16.4. The van der Waals surface area contributed by atoms with E-state index >= 15 is 0 Å². The van der Waals surface area contributed by atoms with Gasteiger partial charge in [0.15, 0.2) is 0 Å². The van der Waals surface area contributed by atoms with Gasteiger partial charge in [-0.3, -0.25) is 9.78 Å². The number of pyridine rings is 1. The van der Waals surface area contributed by atoms with Crippen molar-refractivity contribution in [1.29, 1.82) is 0 Å². The van der Waals surface area contributed by atoms with Gasteiger partial charge in [0.2, 0.25) is 0 Å². The van der Waals surface area contributed by atoms with Gasteiger partial charge in [0.1, 0.15) is 11.2 Å². The summed E-state index contributed by atoms with van der Waals surface area (Å²) in [6, 6.07) is 13.0. The molecule has 1 heterocycles. The Morgan fingerprint density at radius 2 is 1.81 bits per heavy atom. The Bertz CT molecular complexity index is 1150. The number of aromatic nitrogens is 1. The summed E-state index contributed by atoms with van der Waals surface area (Å²) in [6.45, 7) is 0. The first kappa shape index (κ1) is 20.8. The van der Waals surface area contributed by atoms with Crippen molar-refractivity contribution >= 4 is 22.6 Å². The first-order valence-electron chi connectivity index (χ1n) is 9.78. The van der Waals surface area contributed by atoms with E-state index < -0.39 is 29.3 Å². The Hall–Kier alpha value is -3.42. The molecule has 1 fully saturated rings. The summed E-state index contributed by atoms with van der Waals surface area (Å²) in [4.78, 5) is 28.2. The van der Waals surface area contributed by atoms with E-state index in [-0.39, 0.29) is 6.42 Å². The number of fused-ring (bicyclic) bond motifs is 1. The number of carbonyl (C=O) groups excluding carboxylic acids is 1. The second kappa shape index (κ2) is 7.68. The molecular weight excluding hydrogens is 409 g/mol. The summed E-state index contributed by atoms with van der Waals surface area (Å²) < 4.78 is 38.5. The fourth-order valence-electron chi connectivity index (χ4n) is 3.85. The molecule has 0 radical (unpaired) electrons. The SMILES string of the molecule is O=C(NC1(C(=O)O)CCC1)c1ccc2ccccc2c1Cc1ccc(C(F)(F)F)nc1. The number of benzene rings is 2. The van der Waals surface area contributed by atoms with Gasteiger partial charge in [0.25, 0.3) is 5.91 Å². The van der Waals surface area contributed by atoms with Crippen molar-refractivity contribution in [2.45, 2.75) is 37.4 Å². The minimum atomic E-state index is -4.53. The molecule has 0 atom stereocenters. The average molecular weight is 428 g/mol. The van der Waals surface area contributed by atoms with Crippen molar-refractivity contribution in [2.75, 3.05) is 0 Å². The lowest BCUT2D eigenvalue weighted by Crippen LogP contribution is -2.59. The molecule has 0 spiro atoms. The van der Waals surface area contributed by atoms with Crippen LogP contribution in [0.5, 0.6) is 0 Å². The van der Waals surface area contributed by atoms with E-state index in [0.29, 0.717) is 36.0 Å².